The molecule has 0 saturated heterocycles. The molecule has 2 aromatic rings. The highest BCUT2D eigenvalue weighted by atomic mass is 32.2. The highest BCUT2D eigenvalue weighted by Crippen LogP contribution is 2.29. The monoisotopic (exact) mass is 404 g/mol. The van der Waals surface area contributed by atoms with Crippen molar-refractivity contribution >= 4 is 17.9 Å². The number of carbonyl (C=O) groups excluding carboxylic acids is 1. The van der Waals surface area contributed by atoms with Gasteiger partial charge in [-0.05, 0) is 59.3 Å². The third kappa shape index (κ3) is 5.32. The Morgan fingerprint density at radius 3 is 2.61 bits per heavy atom. The van der Waals surface area contributed by atoms with Gasteiger partial charge in [-0.15, -0.1) is 0 Å². The van der Waals surface area contributed by atoms with E-state index in [0.717, 1.165) is 29.0 Å². The minimum atomic E-state index is -0.449. The number of hydrogen-bond donors (Lipinski definition) is 0. The average Bonchev–Trinajstić information content (AvgIpc) is 2.68. The second-order valence-corrected chi connectivity index (χ2v) is 8.54. The molecular weight excluding hydrogens is 378 g/mol. The van der Waals surface area contributed by atoms with Gasteiger partial charge in [0.1, 0.15) is 12.5 Å². The second kappa shape index (κ2) is 9.52. The first kappa shape index (κ1) is 20.8. The molecular formula is C22H26F2N2OS. The lowest BCUT2D eigenvalue weighted by molar-refractivity contribution is -0.135. The van der Waals surface area contributed by atoms with Crippen LogP contribution >= 0.6 is 11.9 Å². The molecule has 3 nitrogen and oxygen atoms in total. The summed E-state index contributed by atoms with van der Waals surface area (Å²) in [5.74, 6) is -0.0995. The second-order valence-electron chi connectivity index (χ2n) is 7.37. The minimum Gasteiger partial charge on any atom is -0.338 e. The van der Waals surface area contributed by atoms with Crippen LogP contribution in [0.15, 0.2) is 47.4 Å². The van der Waals surface area contributed by atoms with Crippen molar-refractivity contribution in [2.24, 2.45) is 5.92 Å². The van der Waals surface area contributed by atoms with Crippen molar-refractivity contribution in [3.05, 3.63) is 65.0 Å². The van der Waals surface area contributed by atoms with Gasteiger partial charge >= 0.3 is 0 Å². The molecule has 1 heterocycles. The summed E-state index contributed by atoms with van der Waals surface area (Å²) in [5, 5.41) is 0. The molecule has 0 unspecified atom stereocenters. The van der Waals surface area contributed by atoms with Crippen LogP contribution in [0.5, 0.6) is 0 Å². The number of carbonyl (C=O) groups is 1. The fourth-order valence-corrected chi connectivity index (χ4v) is 4.33. The Balaban J connectivity index is 1.71. The summed E-state index contributed by atoms with van der Waals surface area (Å²) in [4.78, 5) is 15.3. The highest BCUT2D eigenvalue weighted by Gasteiger charge is 2.23. The third-order valence-electron chi connectivity index (χ3n) is 4.84. The van der Waals surface area contributed by atoms with Crippen molar-refractivity contribution in [3.63, 3.8) is 0 Å². The van der Waals surface area contributed by atoms with E-state index >= 15 is 0 Å². The van der Waals surface area contributed by atoms with E-state index in [0.29, 0.717) is 13.1 Å². The van der Waals surface area contributed by atoms with Gasteiger partial charge in [-0.2, -0.15) is 0 Å². The summed E-state index contributed by atoms with van der Waals surface area (Å²) >= 11 is 1.50. The Morgan fingerprint density at radius 2 is 1.93 bits per heavy atom. The van der Waals surface area contributed by atoms with E-state index in [4.69, 9.17) is 0 Å². The van der Waals surface area contributed by atoms with Crippen LogP contribution in [0.2, 0.25) is 0 Å². The lowest BCUT2D eigenvalue weighted by atomic mass is 9.99. The smallest absolute Gasteiger partial charge is 0.225 e. The van der Waals surface area contributed by atoms with E-state index < -0.39 is 6.67 Å². The summed E-state index contributed by atoms with van der Waals surface area (Å²) in [6.07, 6.45) is 0.864. The third-order valence-corrected chi connectivity index (χ3v) is 5.87. The average molecular weight is 405 g/mol. The van der Waals surface area contributed by atoms with Gasteiger partial charge in [0.15, 0.2) is 0 Å². The van der Waals surface area contributed by atoms with Crippen LogP contribution in [-0.2, 0) is 24.3 Å². The van der Waals surface area contributed by atoms with Crippen molar-refractivity contribution in [2.45, 2.75) is 38.3 Å². The van der Waals surface area contributed by atoms with Gasteiger partial charge in [0.05, 0.1) is 0 Å². The summed E-state index contributed by atoms with van der Waals surface area (Å²) in [6.45, 7) is 5.61. The number of fused-ring (bicyclic) bond motifs is 1. The van der Waals surface area contributed by atoms with E-state index in [-0.39, 0.29) is 24.2 Å². The number of benzene rings is 2. The summed E-state index contributed by atoms with van der Waals surface area (Å²) < 4.78 is 28.1. The van der Waals surface area contributed by atoms with Crippen LogP contribution in [-0.4, -0.2) is 34.9 Å². The molecule has 1 amide bonds. The van der Waals surface area contributed by atoms with Crippen LogP contribution in [0.4, 0.5) is 8.78 Å². The number of halogens is 2. The van der Waals surface area contributed by atoms with Gasteiger partial charge in [0, 0.05) is 37.0 Å². The highest BCUT2D eigenvalue weighted by molar-refractivity contribution is 7.97. The van der Waals surface area contributed by atoms with Crippen LogP contribution in [0.25, 0.3) is 0 Å². The molecule has 0 N–H and O–H groups in total. The lowest BCUT2D eigenvalue weighted by Gasteiger charge is -2.30. The minimum absolute atomic E-state index is 0.00476. The Bertz CT molecular complexity index is 811. The first-order valence-corrected chi connectivity index (χ1v) is 10.4. The molecule has 1 aliphatic heterocycles. The SMILES string of the molecule is CC(C)C(=O)N1CCc2ccc(SN(CCF)Cc3ccc(F)cc3)cc2C1. The van der Waals surface area contributed by atoms with E-state index in [1.807, 2.05) is 23.1 Å². The van der Waals surface area contributed by atoms with Gasteiger partial charge in [0.2, 0.25) is 5.91 Å². The maximum Gasteiger partial charge on any atom is 0.225 e. The molecule has 0 fully saturated rings. The Morgan fingerprint density at radius 1 is 1.18 bits per heavy atom. The number of hydrogen-bond acceptors (Lipinski definition) is 3. The predicted molar refractivity (Wildman–Crippen MR) is 109 cm³/mol. The molecule has 28 heavy (non-hydrogen) atoms. The fourth-order valence-electron chi connectivity index (χ4n) is 3.34. The van der Waals surface area contributed by atoms with Gasteiger partial charge in [-0.25, -0.2) is 13.1 Å². The van der Waals surface area contributed by atoms with E-state index in [9.17, 15) is 13.6 Å². The number of rotatable bonds is 7. The largest absolute Gasteiger partial charge is 0.338 e. The van der Waals surface area contributed by atoms with E-state index in [2.05, 4.69) is 18.2 Å². The van der Waals surface area contributed by atoms with Crippen molar-refractivity contribution in [1.82, 2.24) is 9.21 Å². The van der Waals surface area contributed by atoms with Crippen LogP contribution in [0.3, 0.4) is 0 Å². The zero-order valence-corrected chi connectivity index (χ0v) is 17.1. The standard InChI is InChI=1S/C22H26F2N2OS/c1-16(2)22(27)25-11-9-18-5-8-21(13-19(18)15-25)28-26(12-10-23)14-17-3-6-20(24)7-4-17/h3-8,13,16H,9-12,14-15H2,1-2H3. The molecule has 0 spiro atoms. The molecule has 0 radical (unpaired) electrons. The van der Waals surface area contributed by atoms with Crippen molar-refractivity contribution in [2.75, 3.05) is 19.8 Å². The van der Waals surface area contributed by atoms with Gasteiger partial charge in [0.25, 0.3) is 0 Å². The molecule has 1 aliphatic rings. The normalized spacial score (nSPS) is 13.9. The summed E-state index contributed by atoms with van der Waals surface area (Å²) in [6, 6.07) is 12.6. The predicted octanol–water partition coefficient (Wildman–Crippen LogP) is 4.85. The van der Waals surface area contributed by atoms with Gasteiger partial charge < -0.3 is 4.90 Å². The molecule has 0 aromatic heterocycles. The van der Waals surface area contributed by atoms with E-state index in [1.165, 1.54) is 29.6 Å². The fraction of sp³-hybridized carbons (Fsp3) is 0.409. The van der Waals surface area contributed by atoms with Crippen molar-refractivity contribution < 1.29 is 13.6 Å². The summed E-state index contributed by atoms with van der Waals surface area (Å²) in [7, 11) is 0. The molecule has 150 valence electrons. The van der Waals surface area contributed by atoms with Gasteiger partial charge in [-0.1, -0.05) is 32.0 Å². The molecule has 0 bridgehead atoms. The number of alkyl halides is 1. The topological polar surface area (TPSA) is 23.6 Å². The number of nitrogens with zero attached hydrogens (tertiary/aromatic N) is 2. The van der Waals surface area contributed by atoms with E-state index in [1.54, 1.807) is 12.1 Å². The Kier molecular flexibility index (Phi) is 7.08. The molecule has 0 aliphatic carbocycles. The first-order chi connectivity index (χ1) is 13.5. The van der Waals surface area contributed by atoms with Crippen LogP contribution < -0.4 is 0 Å². The Labute approximate surface area is 169 Å². The van der Waals surface area contributed by atoms with Crippen molar-refractivity contribution in [3.8, 4) is 0 Å². The number of amides is 1. The van der Waals surface area contributed by atoms with Crippen molar-refractivity contribution in [1.29, 1.82) is 0 Å². The maximum absolute atomic E-state index is 13.1. The quantitative estimate of drug-likeness (QED) is 0.617. The lowest BCUT2D eigenvalue weighted by Crippen LogP contribution is -2.38. The Hall–Kier alpha value is -1.92. The van der Waals surface area contributed by atoms with Gasteiger partial charge in [-0.3, -0.25) is 4.79 Å². The summed E-state index contributed by atoms with van der Waals surface area (Å²) in [5.41, 5.74) is 3.37. The zero-order valence-electron chi connectivity index (χ0n) is 16.3. The molecule has 0 saturated carbocycles. The molecule has 3 rings (SSSR count). The zero-order chi connectivity index (χ0) is 20.1. The first-order valence-electron chi connectivity index (χ1n) is 9.60. The molecule has 6 heteroatoms. The van der Waals surface area contributed by atoms with Crippen LogP contribution in [0, 0.1) is 11.7 Å². The van der Waals surface area contributed by atoms with Crippen LogP contribution in [0.1, 0.15) is 30.5 Å². The molecule has 2 aromatic carbocycles. The maximum atomic E-state index is 13.1. The molecule has 0 atom stereocenters.